The first-order valence-corrected chi connectivity index (χ1v) is 10.2. The molecule has 3 atom stereocenters. The van der Waals surface area contributed by atoms with Crippen molar-refractivity contribution in [1.29, 1.82) is 0 Å². The summed E-state index contributed by atoms with van der Waals surface area (Å²) >= 11 is 0. The third-order valence-corrected chi connectivity index (χ3v) is 6.73. The van der Waals surface area contributed by atoms with Gasteiger partial charge in [-0.05, 0) is 49.4 Å². The maximum atomic E-state index is 13.6. The zero-order valence-corrected chi connectivity index (χ0v) is 16.4. The smallest absolute Gasteiger partial charge is 0.279 e. The first-order valence-electron chi connectivity index (χ1n) is 8.80. The van der Waals surface area contributed by atoms with Gasteiger partial charge in [0.05, 0.1) is 0 Å². The number of hydrogen-bond acceptors (Lipinski definition) is 3. The molecule has 2 fully saturated rings. The van der Waals surface area contributed by atoms with Crippen LogP contribution in [-0.4, -0.2) is 44.9 Å². The number of nitrogens with zero attached hydrogens (tertiary/aromatic N) is 1. The number of hydrogen-bond donors (Lipinski definition) is 2. The van der Waals surface area contributed by atoms with Crippen molar-refractivity contribution < 1.29 is 17.2 Å². The van der Waals surface area contributed by atoms with E-state index in [0.717, 1.165) is 18.9 Å². The SMILES string of the molecule is CC1CCCN(S(=O)(=O)NC2CNCCC2c2ccc(F)c(F)c2)C1.Cl. The summed E-state index contributed by atoms with van der Waals surface area (Å²) in [5, 5.41) is 3.18. The van der Waals surface area contributed by atoms with Gasteiger partial charge in [0.25, 0.3) is 10.2 Å². The largest absolute Gasteiger partial charge is 0.315 e. The monoisotopic (exact) mass is 409 g/mol. The van der Waals surface area contributed by atoms with Crippen LogP contribution in [0.2, 0.25) is 0 Å². The Balaban J connectivity index is 0.00000243. The van der Waals surface area contributed by atoms with Crippen LogP contribution in [0.1, 0.15) is 37.7 Å². The Bertz CT molecular complexity index is 720. The molecule has 0 spiro atoms. The Labute approximate surface area is 160 Å². The van der Waals surface area contributed by atoms with Crippen molar-refractivity contribution in [2.75, 3.05) is 26.2 Å². The summed E-state index contributed by atoms with van der Waals surface area (Å²) in [4.78, 5) is 0. The van der Waals surface area contributed by atoms with Crippen molar-refractivity contribution in [1.82, 2.24) is 14.3 Å². The summed E-state index contributed by atoms with van der Waals surface area (Å²) in [6.07, 6.45) is 2.56. The first-order chi connectivity index (χ1) is 11.9. The van der Waals surface area contributed by atoms with Crippen molar-refractivity contribution in [3.63, 3.8) is 0 Å². The predicted octanol–water partition coefficient (Wildman–Crippen LogP) is 2.40. The molecular formula is C17H26ClF2N3O2S. The van der Waals surface area contributed by atoms with Gasteiger partial charge < -0.3 is 5.32 Å². The van der Waals surface area contributed by atoms with Gasteiger partial charge in [-0.1, -0.05) is 13.0 Å². The second-order valence-corrected chi connectivity index (χ2v) is 8.81. The normalized spacial score (nSPS) is 27.7. The van der Waals surface area contributed by atoms with E-state index in [9.17, 15) is 17.2 Å². The van der Waals surface area contributed by atoms with Crippen LogP contribution in [0, 0.1) is 17.6 Å². The molecule has 0 aliphatic carbocycles. The Kier molecular flexibility index (Phi) is 7.38. The standard InChI is InChI=1S/C17H25F2N3O2S.ClH/c1-12-3-2-8-22(11-12)25(23,24)21-17-10-20-7-6-14(17)13-4-5-15(18)16(19)9-13;/h4-5,9,12,14,17,20-21H,2-3,6-8,10-11H2,1H3;1H. The highest BCUT2D eigenvalue weighted by Crippen LogP contribution is 2.28. The van der Waals surface area contributed by atoms with Gasteiger partial charge in [0.1, 0.15) is 0 Å². The molecule has 148 valence electrons. The molecule has 3 unspecified atom stereocenters. The third kappa shape index (κ3) is 4.92. The van der Waals surface area contributed by atoms with Crippen molar-refractivity contribution in [2.45, 2.75) is 38.1 Å². The van der Waals surface area contributed by atoms with Crippen molar-refractivity contribution in [3.8, 4) is 0 Å². The van der Waals surface area contributed by atoms with Crippen LogP contribution >= 0.6 is 12.4 Å². The number of rotatable bonds is 4. The average Bonchev–Trinajstić information content (AvgIpc) is 2.58. The van der Waals surface area contributed by atoms with Gasteiger partial charge in [0.15, 0.2) is 11.6 Å². The lowest BCUT2D eigenvalue weighted by Gasteiger charge is -2.36. The summed E-state index contributed by atoms with van der Waals surface area (Å²) in [5.41, 5.74) is 0.625. The van der Waals surface area contributed by atoms with Crippen molar-refractivity contribution in [2.24, 2.45) is 5.92 Å². The Morgan fingerprint density at radius 3 is 2.69 bits per heavy atom. The zero-order chi connectivity index (χ0) is 18.0. The molecule has 0 saturated carbocycles. The minimum atomic E-state index is -3.60. The Hall–Kier alpha value is -0.800. The van der Waals surface area contributed by atoms with E-state index in [4.69, 9.17) is 0 Å². The van der Waals surface area contributed by atoms with Crippen LogP contribution in [0.25, 0.3) is 0 Å². The second kappa shape index (κ2) is 8.93. The zero-order valence-electron chi connectivity index (χ0n) is 14.7. The third-order valence-electron chi connectivity index (χ3n) is 5.11. The molecule has 2 saturated heterocycles. The fourth-order valence-electron chi connectivity index (χ4n) is 3.75. The minimum absolute atomic E-state index is 0. The first kappa shape index (κ1) is 21.5. The molecule has 2 N–H and O–H groups in total. The van der Waals surface area contributed by atoms with Crippen LogP contribution in [0.15, 0.2) is 18.2 Å². The van der Waals surface area contributed by atoms with E-state index in [0.29, 0.717) is 44.1 Å². The highest BCUT2D eigenvalue weighted by Gasteiger charge is 2.34. The molecule has 0 radical (unpaired) electrons. The van der Waals surface area contributed by atoms with E-state index in [1.54, 1.807) is 6.07 Å². The molecule has 3 rings (SSSR count). The van der Waals surface area contributed by atoms with Gasteiger partial charge in [0.2, 0.25) is 0 Å². The van der Waals surface area contributed by atoms with Gasteiger partial charge in [-0.25, -0.2) is 8.78 Å². The molecule has 0 bridgehead atoms. The molecule has 2 aliphatic rings. The topological polar surface area (TPSA) is 61.4 Å². The van der Waals surface area contributed by atoms with Gasteiger partial charge in [-0.2, -0.15) is 17.4 Å². The second-order valence-electron chi connectivity index (χ2n) is 7.11. The minimum Gasteiger partial charge on any atom is -0.315 e. The van der Waals surface area contributed by atoms with Gasteiger partial charge in [-0.3, -0.25) is 0 Å². The van der Waals surface area contributed by atoms with Gasteiger partial charge in [0, 0.05) is 31.6 Å². The number of halogens is 3. The fourth-order valence-corrected chi connectivity index (χ4v) is 5.35. The fraction of sp³-hybridized carbons (Fsp3) is 0.647. The quantitative estimate of drug-likeness (QED) is 0.802. The summed E-state index contributed by atoms with van der Waals surface area (Å²) < 4.78 is 56.6. The molecule has 1 aromatic carbocycles. The van der Waals surface area contributed by atoms with Crippen molar-refractivity contribution >= 4 is 22.6 Å². The molecule has 0 aromatic heterocycles. The van der Waals surface area contributed by atoms with Crippen molar-refractivity contribution in [3.05, 3.63) is 35.4 Å². The van der Waals surface area contributed by atoms with Crippen LogP contribution < -0.4 is 10.0 Å². The average molecular weight is 410 g/mol. The maximum Gasteiger partial charge on any atom is 0.279 e. The molecule has 9 heteroatoms. The highest BCUT2D eigenvalue weighted by molar-refractivity contribution is 7.87. The highest BCUT2D eigenvalue weighted by atomic mass is 35.5. The lowest BCUT2D eigenvalue weighted by Crippen LogP contribution is -2.55. The Morgan fingerprint density at radius 1 is 1.23 bits per heavy atom. The summed E-state index contributed by atoms with van der Waals surface area (Å²) in [6, 6.07) is 3.43. The molecule has 26 heavy (non-hydrogen) atoms. The van der Waals surface area contributed by atoms with E-state index in [-0.39, 0.29) is 24.4 Å². The summed E-state index contributed by atoms with van der Waals surface area (Å²) in [7, 11) is -3.60. The molecular weight excluding hydrogens is 384 g/mol. The van der Waals surface area contributed by atoms with Crippen LogP contribution in [0.3, 0.4) is 0 Å². The molecule has 2 heterocycles. The molecule has 5 nitrogen and oxygen atoms in total. The molecule has 1 aromatic rings. The van der Waals surface area contributed by atoms with Crippen LogP contribution in [0.4, 0.5) is 8.78 Å². The predicted molar refractivity (Wildman–Crippen MR) is 99.6 cm³/mol. The Morgan fingerprint density at radius 2 is 2.00 bits per heavy atom. The van der Waals surface area contributed by atoms with Crippen LogP contribution in [-0.2, 0) is 10.2 Å². The van der Waals surface area contributed by atoms with E-state index in [1.165, 1.54) is 10.4 Å². The van der Waals surface area contributed by atoms with Gasteiger partial charge >= 0.3 is 0 Å². The maximum absolute atomic E-state index is 13.6. The van der Waals surface area contributed by atoms with E-state index < -0.39 is 21.8 Å². The number of benzene rings is 1. The lowest BCUT2D eigenvalue weighted by atomic mass is 9.86. The van der Waals surface area contributed by atoms with Crippen LogP contribution in [0.5, 0.6) is 0 Å². The van der Waals surface area contributed by atoms with E-state index in [1.807, 2.05) is 6.92 Å². The number of nitrogens with one attached hydrogen (secondary N) is 2. The summed E-state index contributed by atoms with van der Waals surface area (Å²) in [5.74, 6) is -1.63. The lowest BCUT2D eigenvalue weighted by molar-refractivity contribution is 0.272. The van der Waals surface area contributed by atoms with E-state index >= 15 is 0 Å². The molecule has 0 amide bonds. The number of piperidine rings is 2. The van der Waals surface area contributed by atoms with Gasteiger partial charge in [-0.15, -0.1) is 12.4 Å². The summed E-state index contributed by atoms with van der Waals surface area (Å²) in [6.45, 7) is 4.27. The van der Waals surface area contributed by atoms with E-state index in [2.05, 4.69) is 10.0 Å². The molecule has 2 aliphatic heterocycles.